The van der Waals surface area contributed by atoms with E-state index in [0.717, 1.165) is 10.6 Å². The summed E-state index contributed by atoms with van der Waals surface area (Å²) in [6, 6.07) is 9.42. The number of hydrogen-bond acceptors (Lipinski definition) is 3. The summed E-state index contributed by atoms with van der Waals surface area (Å²) in [5.74, 6) is 5.38. The van der Waals surface area contributed by atoms with Gasteiger partial charge in [-0.25, -0.2) is 15.6 Å². The number of hydrazine groups is 1. The van der Waals surface area contributed by atoms with Gasteiger partial charge in [0.15, 0.2) is 0 Å². The number of nitrogens with two attached hydrogens (primary N) is 1. The van der Waals surface area contributed by atoms with Gasteiger partial charge in [0.25, 0.3) is 0 Å². The van der Waals surface area contributed by atoms with Crippen LogP contribution in [0.2, 0.25) is 0 Å². The normalized spacial score (nSPS) is 9.40. The Kier molecular flexibility index (Phi) is 4.37. The Balaban J connectivity index is 2.37. The lowest BCUT2D eigenvalue weighted by Gasteiger charge is -2.14. The summed E-state index contributed by atoms with van der Waals surface area (Å²) >= 11 is 0. The van der Waals surface area contributed by atoms with E-state index >= 15 is 0 Å². The summed E-state index contributed by atoms with van der Waals surface area (Å²) in [5.41, 5.74) is 0.929. The molecule has 0 heterocycles. The maximum Gasteiger partial charge on any atom is 0.424 e. The summed E-state index contributed by atoms with van der Waals surface area (Å²) in [6.07, 6.45) is 0.975. The predicted molar refractivity (Wildman–Crippen MR) is 57.7 cm³/mol. The molecule has 0 aliphatic heterocycles. The number of carbonyl (C=O) groups is 1. The lowest BCUT2D eigenvalue weighted by atomic mass is 10.2. The lowest BCUT2D eigenvalue weighted by Crippen LogP contribution is -2.37. The van der Waals surface area contributed by atoms with Gasteiger partial charge in [0.1, 0.15) is 6.61 Å². The van der Waals surface area contributed by atoms with E-state index in [9.17, 15) is 4.79 Å². The zero-order chi connectivity index (χ0) is 11.1. The van der Waals surface area contributed by atoms with E-state index in [1.54, 1.807) is 0 Å². The number of benzene rings is 1. The number of amides is 1. The smallest absolute Gasteiger partial charge is 0.424 e. The van der Waals surface area contributed by atoms with Crippen LogP contribution in [0.5, 0.6) is 0 Å². The molecule has 15 heavy (non-hydrogen) atoms. The molecule has 0 bridgehead atoms. The van der Waals surface area contributed by atoms with Gasteiger partial charge in [0.2, 0.25) is 0 Å². The molecule has 0 atom stereocenters. The van der Waals surface area contributed by atoms with E-state index in [1.807, 2.05) is 30.3 Å². The number of nitrogens with zero attached hydrogens (tertiary/aromatic N) is 1. The Bertz CT molecular complexity index is 325. The van der Waals surface area contributed by atoms with E-state index < -0.39 is 6.09 Å². The van der Waals surface area contributed by atoms with Crippen molar-refractivity contribution in [2.75, 3.05) is 6.54 Å². The van der Waals surface area contributed by atoms with Crippen LogP contribution in [0.25, 0.3) is 0 Å². The van der Waals surface area contributed by atoms with Crippen LogP contribution in [0.1, 0.15) is 5.56 Å². The van der Waals surface area contributed by atoms with E-state index in [4.69, 9.17) is 10.6 Å². The molecule has 1 aromatic carbocycles. The molecule has 0 aromatic heterocycles. The Morgan fingerprint density at radius 3 is 2.73 bits per heavy atom. The third-order valence-corrected chi connectivity index (χ3v) is 1.77. The van der Waals surface area contributed by atoms with Crippen molar-refractivity contribution in [3.63, 3.8) is 0 Å². The molecule has 0 aliphatic carbocycles. The minimum absolute atomic E-state index is 0.227. The van der Waals surface area contributed by atoms with Gasteiger partial charge in [-0.3, -0.25) is 0 Å². The van der Waals surface area contributed by atoms with Crippen LogP contribution in [0.15, 0.2) is 43.0 Å². The van der Waals surface area contributed by atoms with Crippen molar-refractivity contribution >= 4 is 6.09 Å². The topological polar surface area (TPSA) is 55.6 Å². The molecule has 80 valence electrons. The van der Waals surface area contributed by atoms with Crippen LogP contribution in [-0.4, -0.2) is 17.6 Å². The highest BCUT2D eigenvalue weighted by Gasteiger charge is 2.08. The fraction of sp³-hybridized carbons (Fsp3) is 0.182. The SMILES string of the molecule is C=CCN(N)C(=O)OCc1ccccc1. The van der Waals surface area contributed by atoms with Crippen molar-refractivity contribution in [3.8, 4) is 0 Å². The van der Waals surface area contributed by atoms with Crippen LogP contribution < -0.4 is 5.84 Å². The summed E-state index contributed by atoms with van der Waals surface area (Å²) in [5, 5.41) is 0.968. The Morgan fingerprint density at radius 1 is 1.47 bits per heavy atom. The van der Waals surface area contributed by atoms with E-state index in [0.29, 0.717) is 0 Å². The highest BCUT2D eigenvalue weighted by molar-refractivity contribution is 5.66. The van der Waals surface area contributed by atoms with Crippen molar-refractivity contribution in [1.29, 1.82) is 0 Å². The molecule has 1 aromatic rings. The highest BCUT2D eigenvalue weighted by atomic mass is 16.6. The molecule has 4 nitrogen and oxygen atoms in total. The first-order valence-corrected chi connectivity index (χ1v) is 4.58. The van der Waals surface area contributed by atoms with Crippen molar-refractivity contribution < 1.29 is 9.53 Å². The number of rotatable bonds is 4. The second-order valence-electron chi connectivity index (χ2n) is 2.98. The highest BCUT2D eigenvalue weighted by Crippen LogP contribution is 2.01. The number of ether oxygens (including phenoxy) is 1. The minimum Gasteiger partial charge on any atom is -0.444 e. The number of carbonyl (C=O) groups excluding carboxylic acids is 1. The standard InChI is InChI=1S/C11H14N2O2/c1-2-8-13(12)11(14)15-9-10-6-4-3-5-7-10/h2-7H,1,8-9,12H2. The van der Waals surface area contributed by atoms with Crippen molar-refractivity contribution in [3.05, 3.63) is 48.6 Å². The second-order valence-corrected chi connectivity index (χ2v) is 2.98. The van der Waals surface area contributed by atoms with Gasteiger partial charge in [-0.15, -0.1) is 6.58 Å². The molecule has 4 heteroatoms. The van der Waals surface area contributed by atoms with Gasteiger partial charge in [-0.05, 0) is 5.56 Å². The average Bonchev–Trinajstić information content (AvgIpc) is 2.27. The first kappa shape index (κ1) is 11.3. The van der Waals surface area contributed by atoms with E-state index in [1.165, 1.54) is 6.08 Å². The van der Waals surface area contributed by atoms with Gasteiger partial charge >= 0.3 is 6.09 Å². The summed E-state index contributed by atoms with van der Waals surface area (Å²) in [7, 11) is 0. The van der Waals surface area contributed by atoms with Gasteiger partial charge in [0, 0.05) is 0 Å². The molecule has 0 fully saturated rings. The molecule has 2 N–H and O–H groups in total. The minimum atomic E-state index is -0.557. The monoisotopic (exact) mass is 206 g/mol. The predicted octanol–water partition coefficient (Wildman–Crippen LogP) is 1.68. The Labute approximate surface area is 88.9 Å². The largest absolute Gasteiger partial charge is 0.444 e. The maximum absolute atomic E-state index is 11.2. The third kappa shape index (κ3) is 3.83. The van der Waals surface area contributed by atoms with Gasteiger partial charge < -0.3 is 4.74 Å². The van der Waals surface area contributed by atoms with Gasteiger partial charge in [-0.2, -0.15) is 0 Å². The first-order chi connectivity index (χ1) is 7.24. The zero-order valence-electron chi connectivity index (χ0n) is 8.43. The molecule has 0 spiro atoms. The van der Waals surface area contributed by atoms with Crippen molar-refractivity contribution in [1.82, 2.24) is 5.01 Å². The molecule has 1 rings (SSSR count). The fourth-order valence-corrected chi connectivity index (χ4v) is 1.02. The molecule has 0 radical (unpaired) electrons. The molecule has 1 amide bonds. The van der Waals surface area contributed by atoms with Crippen molar-refractivity contribution in [2.24, 2.45) is 5.84 Å². The Morgan fingerprint density at radius 2 is 2.13 bits per heavy atom. The van der Waals surface area contributed by atoms with Crippen LogP contribution in [0, 0.1) is 0 Å². The molecular weight excluding hydrogens is 192 g/mol. The summed E-state index contributed by atoms with van der Waals surface area (Å²) in [6.45, 7) is 3.97. The van der Waals surface area contributed by atoms with Gasteiger partial charge in [0.05, 0.1) is 6.54 Å². The van der Waals surface area contributed by atoms with Crippen LogP contribution in [-0.2, 0) is 11.3 Å². The molecule has 0 saturated carbocycles. The summed E-state index contributed by atoms with van der Waals surface area (Å²) < 4.78 is 4.96. The molecule has 0 saturated heterocycles. The fourth-order valence-electron chi connectivity index (χ4n) is 1.02. The third-order valence-electron chi connectivity index (χ3n) is 1.77. The van der Waals surface area contributed by atoms with Crippen LogP contribution in [0.4, 0.5) is 4.79 Å². The molecule has 0 aliphatic rings. The van der Waals surface area contributed by atoms with Crippen molar-refractivity contribution in [2.45, 2.75) is 6.61 Å². The Hall–Kier alpha value is -1.81. The maximum atomic E-state index is 11.2. The quantitative estimate of drug-likeness (QED) is 0.353. The van der Waals surface area contributed by atoms with E-state index in [2.05, 4.69) is 6.58 Å². The van der Waals surface area contributed by atoms with Gasteiger partial charge in [-0.1, -0.05) is 36.4 Å². The molecular formula is C11H14N2O2. The second kappa shape index (κ2) is 5.82. The molecule has 0 unspecified atom stereocenters. The lowest BCUT2D eigenvalue weighted by molar-refractivity contribution is 0.100. The van der Waals surface area contributed by atoms with Crippen LogP contribution in [0.3, 0.4) is 0 Å². The first-order valence-electron chi connectivity index (χ1n) is 4.58. The summed E-state index contributed by atoms with van der Waals surface area (Å²) in [4.78, 5) is 11.2. The zero-order valence-corrected chi connectivity index (χ0v) is 8.43. The van der Waals surface area contributed by atoms with Crippen LogP contribution >= 0.6 is 0 Å². The number of hydrogen-bond donors (Lipinski definition) is 1. The van der Waals surface area contributed by atoms with E-state index in [-0.39, 0.29) is 13.2 Å². The average molecular weight is 206 g/mol.